The summed E-state index contributed by atoms with van der Waals surface area (Å²) >= 11 is 0. The van der Waals surface area contributed by atoms with Gasteiger partial charge in [0.15, 0.2) is 11.6 Å². The molecule has 0 N–H and O–H groups in total. The van der Waals surface area contributed by atoms with E-state index in [9.17, 15) is 0 Å². The fourth-order valence-corrected chi connectivity index (χ4v) is 6.31. The van der Waals surface area contributed by atoms with Crippen molar-refractivity contribution in [1.29, 1.82) is 0 Å². The minimum atomic E-state index is -0.188. The number of allylic oxidation sites excluding steroid dienone is 1. The second-order valence-corrected chi connectivity index (χ2v) is 11.5. The number of aromatic nitrogens is 2. The first kappa shape index (κ1) is 23.6. The molecule has 2 aliphatic heterocycles. The SMILES string of the molecule is C=CC1(C)c2ccccc2N2c3nc(-c4c(C(C)C)cccc4C(C)C)ncc3N(C)C2C1(C)C. The first-order chi connectivity index (χ1) is 16.5. The average molecular weight is 467 g/mol. The lowest BCUT2D eigenvalue weighted by Gasteiger charge is -2.56. The third kappa shape index (κ3) is 3.11. The van der Waals surface area contributed by atoms with Crippen molar-refractivity contribution in [2.45, 2.75) is 71.9 Å². The van der Waals surface area contributed by atoms with Crippen molar-refractivity contribution in [3.8, 4) is 11.4 Å². The van der Waals surface area contributed by atoms with E-state index in [1.165, 1.54) is 27.9 Å². The summed E-state index contributed by atoms with van der Waals surface area (Å²) in [5.74, 6) is 2.58. The molecule has 0 bridgehead atoms. The van der Waals surface area contributed by atoms with Crippen LogP contribution in [-0.2, 0) is 5.41 Å². The summed E-state index contributed by atoms with van der Waals surface area (Å²) < 4.78 is 0. The fraction of sp³-hybridized carbons (Fsp3) is 0.419. The summed E-state index contributed by atoms with van der Waals surface area (Å²) in [5, 5.41) is 0. The maximum absolute atomic E-state index is 5.33. The molecule has 0 amide bonds. The Kier molecular flexibility index (Phi) is 5.35. The van der Waals surface area contributed by atoms with Gasteiger partial charge < -0.3 is 9.80 Å². The number of benzene rings is 2. The maximum atomic E-state index is 5.33. The van der Waals surface area contributed by atoms with Gasteiger partial charge in [-0.25, -0.2) is 9.97 Å². The highest BCUT2D eigenvalue weighted by Crippen LogP contribution is 2.60. The molecule has 1 aromatic heterocycles. The Labute approximate surface area is 210 Å². The molecule has 3 heterocycles. The van der Waals surface area contributed by atoms with E-state index in [0.717, 1.165) is 17.3 Å². The minimum absolute atomic E-state index is 0.102. The zero-order valence-electron chi connectivity index (χ0n) is 22.4. The predicted molar refractivity (Wildman–Crippen MR) is 148 cm³/mol. The lowest BCUT2D eigenvalue weighted by Crippen LogP contribution is -2.60. The Bertz CT molecular complexity index is 1280. The largest absolute Gasteiger partial charge is 0.349 e. The van der Waals surface area contributed by atoms with Gasteiger partial charge in [0.25, 0.3) is 0 Å². The number of hydrogen-bond donors (Lipinski definition) is 0. The summed E-state index contributed by atoms with van der Waals surface area (Å²) in [5.41, 5.74) is 7.05. The first-order valence-corrected chi connectivity index (χ1v) is 12.8. The van der Waals surface area contributed by atoms with E-state index in [4.69, 9.17) is 9.97 Å². The van der Waals surface area contributed by atoms with Gasteiger partial charge in [-0.1, -0.05) is 90.9 Å². The van der Waals surface area contributed by atoms with Crippen LogP contribution < -0.4 is 9.80 Å². The zero-order valence-corrected chi connectivity index (χ0v) is 22.4. The van der Waals surface area contributed by atoms with Gasteiger partial charge in [0.2, 0.25) is 0 Å². The average Bonchev–Trinajstić information content (AvgIpc) is 3.14. The lowest BCUT2D eigenvalue weighted by atomic mass is 9.58. The van der Waals surface area contributed by atoms with Gasteiger partial charge >= 0.3 is 0 Å². The van der Waals surface area contributed by atoms with Crippen LogP contribution in [0.1, 0.15) is 77.0 Å². The summed E-state index contributed by atoms with van der Waals surface area (Å²) in [6.07, 6.45) is 4.26. The van der Waals surface area contributed by atoms with Gasteiger partial charge in [-0.05, 0) is 34.6 Å². The van der Waals surface area contributed by atoms with Gasteiger partial charge in [-0.15, -0.1) is 6.58 Å². The van der Waals surface area contributed by atoms with Crippen LogP contribution in [-0.4, -0.2) is 23.2 Å². The highest BCUT2D eigenvalue weighted by atomic mass is 15.5. The van der Waals surface area contributed by atoms with E-state index < -0.39 is 0 Å². The van der Waals surface area contributed by atoms with Gasteiger partial charge in [0.05, 0.1) is 6.20 Å². The van der Waals surface area contributed by atoms with Crippen LogP contribution in [0.4, 0.5) is 17.2 Å². The lowest BCUT2D eigenvalue weighted by molar-refractivity contribution is 0.168. The zero-order chi connectivity index (χ0) is 25.3. The molecule has 3 aromatic rings. The van der Waals surface area contributed by atoms with E-state index >= 15 is 0 Å². The van der Waals surface area contributed by atoms with E-state index in [-0.39, 0.29) is 17.0 Å². The van der Waals surface area contributed by atoms with Crippen LogP contribution in [0.2, 0.25) is 0 Å². The van der Waals surface area contributed by atoms with Crippen LogP contribution in [0.3, 0.4) is 0 Å². The highest BCUT2D eigenvalue weighted by molar-refractivity contribution is 5.85. The molecule has 2 aromatic carbocycles. The summed E-state index contributed by atoms with van der Waals surface area (Å²) in [7, 11) is 2.17. The van der Waals surface area contributed by atoms with Gasteiger partial charge in [0, 0.05) is 29.1 Å². The second-order valence-electron chi connectivity index (χ2n) is 11.5. The van der Waals surface area contributed by atoms with Crippen molar-refractivity contribution in [1.82, 2.24) is 9.97 Å². The summed E-state index contributed by atoms with van der Waals surface area (Å²) in [6, 6.07) is 15.4. The molecule has 0 fully saturated rings. The predicted octanol–water partition coefficient (Wildman–Crippen LogP) is 7.79. The Morgan fingerprint density at radius 1 is 0.914 bits per heavy atom. The molecule has 5 rings (SSSR count). The number of fused-ring (bicyclic) bond motifs is 5. The summed E-state index contributed by atoms with van der Waals surface area (Å²) in [4.78, 5) is 15.1. The molecular weight excluding hydrogens is 428 g/mol. The van der Waals surface area contributed by atoms with E-state index in [2.05, 4.69) is 120 Å². The van der Waals surface area contributed by atoms with Crippen LogP contribution in [0.25, 0.3) is 11.4 Å². The monoisotopic (exact) mass is 466 g/mol. The van der Waals surface area contributed by atoms with E-state index in [1.54, 1.807) is 0 Å². The third-order valence-corrected chi connectivity index (χ3v) is 8.68. The molecule has 2 aliphatic rings. The number of rotatable bonds is 4. The third-order valence-electron chi connectivity index (χ3n) is 8.68. The maximum Gasteiger partial charge on any atom is 0.162 e. The molecular formula is C31H38N4. The molecule has 4 nitrogen and oxygen atoms in total. The van der Waals surface area contributed by atoms with Crippen LogP contribution in [0, 0.1) is 5.41 Å². The van der Waals surface area contributed by atoms with Crippen molar-refractivity contribution >= 4 is 17.2 Å². The minimum Gasteiger partial charge on any atom is -0.349 e. The van der Waals surface area contributed by atoms with Crippen molar-refractivity contribution in [2.75, 3.05) is 16.8 Å². The van der Waals surface area contributed by atoms with Gasteiger partial charge in [-0.2, -0.15) is 0 Å². The quantitative estimate of drug-likeness (QED) is 0.367. The second kappa shape index (κ2) is 7.94. The molecule has 2 atom stereocenters. The Morgan fingerprint density at radius 3 is 2.14 bits per heavy atom. The van der Waals surface area contributed by atoms with Crippen LogP contribution >= 0.6 is 0 Å². The molecule has 0 aliphatic carbocycles. The Hall–Kier alpha value is -3.14. The molecule has 35 heavy (non-hydrogen) atoms. The van der Waals surface area contributed by atoms with Crippen molar-refractivity contribution < 1.29 is 0 Å². The summed E-state index contributed by atoms with van der Waals surface area (Å²) in [6.45, 7) is 20.3. The van der Waals surface area contributed by atoms with Crippen LogP contribution in [0.5, 0.6) is 0 Å². The smallest absolute Gasteiger partial charge is 0.162 e. The first-order valence-electron chi connectivity index (χ1n) is 12.8. The number of nitrogens with zero attached hydrogens (tertiary/aromatic N) is 4. The molecule has 2 unspecified atom stereocenters. The topological polar surface area (TPSA) is 32.3 Å². The Morgan fingerprint density at radius 2 is 1.54 bits per heavy atom. The van der Waals surface area contributed by atoms with Crippen LogP contribution in [0.15, 0.2) is 61.3 Å². The fourth-order valence-electron chi connectivity index (χ4n) is 6.31. The number of hydrogen-bond acceptors (Lipinski definition) is 4. The normalized spacial score (nSPS) is 22.3. The standard InChI is InChI=1S/C31H38N4/c1-10-31(8)23-16-11-12-17-24(23)35-28-25(34(9)29(35)30(31,6)7)18-32-27(33-28)26-21(19(2)3)14-13-15-22(26)20(4)5/h10-20,29H,1H2,2-9H3. The van der Waals surface area contributed by atoms with Gasteiger partial charge in [-0.3, -0.25) is 0 Å². The molecule has 0 saturated heterocycles. The number of para-hydroxylation sites is 1. The van der Waals surface area contributed by atoms with Crippen molar-refractivity contribution in [2.24, 2.45) is 5.41 Å². The molecule has 182 valence electrons. The van der Waals surface area contributed by atoms with Crippen molar-refractivity contribution in [3.05, 3.63) is 78.0 Å². The highest BCUT2D eigenvalue weighted by Gasteiger charge is 2.58. The van der Waals surface area contributed by atoms with Crippen molar-refractivity contribution in [3.63, 3.8) is 0 Å². The molecule has 4 heteroatoms. The molecule has 0 saturated carbocycles. The van der Waals surface area contributed by atoms with E-state index in [0.29, 0.717) is 11.8 Å². The number of anilines is 3. The Balaban J connectivity index is 1.78. The van der Waals surface area contributed by atoms with Gasteiger partial charge in [0.1, 0.15) is 11.9 Å². The molecule has 0 radical (unpaired) electrons. The molecule has 0 spiro atoms. The van der Waals surface area contributed by atoms with E-state index in [1.807, 2.05) is 6.20 Å².